The fourth-order valence-corrected chi connectivity index (χ4v) is 1.29. The Morgan fingerprint density at radius 1 is 1.62 bits per heavy atom. The molecule has 0 radical (unpaired) electrons. The second kappa shape index (κ2) is 3.54. The van der Waals surface area contributed by atoms with Gasteiger partial charge in [0, 0.05) is 0 Å². The molecule has 76 valence electrons. The molecule has 0 aromatic heterocycles. The molecule has 0 aromatic rings. The minimum atomic E-state index is -0.671. The summed E-state index contributed by atoms with van der Waals surface area (Å²) >= 11 is 0. The Kier molecular flexibility index (Phi) is 2.81. The Bertz CT molecular complexity index is 197. The standard InChI is InChI=1S/C9H17NO3/c1-4-9(12)5-10(6-9)8(11)13-7(2)3/h7,12H,4-6H2,1-3H3. The molecule has 4 heteroatoms. The highest BCUT2D eigenvalue weighted by molar-refractivity contribution is 5.69. The van der Waals surface area contributed by atoms with Crippen LogP contribution in [-0.2, 0) is 4.74 Å². The summed E-state index contributed by atoms with van der Waals surface area (Å²) in [6.45, 7) is 6.32. The predicted molar refractivity (Wildman–Crippen MR) is 48.4 cm³/mol. The number of nitrogens with zero attached hydrogens (tertiary/aromatic N) is 1. The number of rotatable bonds is 2. The van der Waals surface area contributed by atoms with Crippen molar-refractivity contribution in [2.45, 2.75) is 38.9 Å². The van der Waals surface area contributed by atoms with E-state index in [2.05, 4.69) is 0 Å². The number of amides is 1. The first-order chi connectivity index (χ1) is 5.97. The number of ether oxygens (including phenoxy) is 1. The molecule has 1 heterocycles. The summed E-state index contributed by atoms with van der Waals surface area (Å²) in [5, 5.41) is 9.62. The Morgan fingerprint density at radius 3 is 2.54 bits per heavy atom. The maximum absolute atomic E-state index is 11.2. The fraction of sp³-hybridized carbons (Fsp3) is 0.889. The van der Waals surface area contributed by atoms with Crippen molar-refractivity contribution in [3.8, 4) is 0 Å². The van der Waals surface area contributed by atoms with Gasteiger partial charge in [0.2, 0.25) is 0 Å². The van der Waals surface area contributed by atoms with Crippen LogP contribution in [0.4, 0.5) is 4.79 Å². The second-order valence-corrected chi connectivity index (χ2v) is 3.87. The summed E-state index contributed by atoms with van der Waals surface area (Å²) in [7, 11) is 0. The van der Waals surface area contributed by atoms with Crippen LogP contribution in [0.1, 0.15) is 27.2 Å². The van der Waals surface area contributed by atoms with Gasteiger partial charge in [0.1, 0.15) is 0 Å². The van der Waals surface area contributed by atoms with E-state index in [-0.39, 0.29) is 12.2 Å². The molecule has 1 N–H and O–H groups in total. The molecule has 0 aliphatic carbocycles. The van der Waals surface area contributed by atoms with Gasteiger partial charge in [0.05, 0.1) is 24.8 Å². The summed E-state index contributed by atoms with van der Waals surface area (Å²) in [4.78, 5) is 12.7. The van der Waals surface area contributed by atoms with E-state index in [0.29, 0.717) is 19.5 Å². The third-order valence-electron chi connectivity index (χ3n) is 2.22. The van der Waals surface area contributed by atoms with Crippen molar-refractivity contribution >= 4 is 6.09 Å². The fourth-order valence-electron chi connectivity index (χ4n) is 1.29. The molecule has 0 unspecified atom stereocenters. The molecular weight excluding hydrogens is 170 g/mol. The predicted octanol–water partition coefficient (Wildman–Crippen LogP) is 0.988. The highest BCUT2D eigenvalue weighted by atomic mass is 16.6. The molecule has 0 aromatic carbocycles. The molecule has 1 amide bonds. The Hall–Kier alpha value is -0.770. The van der Waals surface area contributed by atoms with Crippen LogP contribution in [0.25, 0.3) is 0 Å². The average molecular weight is 187 g/mol. The largest absolute Gasteiger partial charge is 0.447 e. The molecular formula is C9H17NO3. The number of β-amino-alcohol motifs (C(OH)–C–C–N with tert-alkyl or cyclic N) is 1. The van der Waals surface area contributed by atoms with Crippen LogP contribution in [0.15, 0.2) is 0 Å². The van der Waals surface area contributed by atoms with Crippen LogP contribution in [0.5, 0.6) is 0 Å². The molecule has 0 saturated carbocycles. The lowest BCUT2D eigenvalue weighted by molar-refractivity contribution is -0.0930. The van der Waals surface area contributed by atoms with Gasteiger partial charge in [-0.25, -0.2) is 4.79 Å². The van der Waals surface area contributed by atoms with Crippen molar-refractivity contribution < 1.29 is 14.6 Å². The van der Waals surface area contributed by atoms with Crippen LogP contribution in [-0.4, -0.2) is 40.9 Å². The van der Waals surface area contributed by atoms with Gasteiger partial charge in [-0.05, 0) is 20.3 Å². The van der Waals surface area contributed by atoms with E-state index in [1.54, 1.807) is 0 Å². The van der Waals surface area contributed by atoms with Crippen LogP contribution in [0.3, 0.4) is 0 Å². The molecule has 0 bridgehead atoms. The summed E-state index contributed by atoms with van der Waals surface area (Å²) in [5.41, 5.74) is -0.671. The maximum Gasteiger partial charge on any atom is 0.410 e. The third-order valence-corrected chi connectivity index (χ3v) is 2.22. The van der Waals surface area contributed by atoms with Gasteiger partial charge >= 0.3 is 6.09 Å². The van der Waals surface area contributed by atoms with Crippen LogP contribution in [0, 0.1) is 0 Å². The van der Waals surface area contributed by atoms with E-state index in [9.17, 15) is 9.90 Å². The van der Waals surface area contributed by atoms with Gasteiger partial charge in [0.25, 0.3) is 0 Å². The van der Waals surface area contributed by atoms with Crippen LogP contribution in [0.2, 0.25) is 0 Å². The zero-order valence-electron chi connectivity index (χ0n) is 8.41. The minimum Gasteiger partial charge on any atom is -0.447 e. The van der Waals surface area contributed by atoms with Crippen LogP contribution >= 0.6 is 0 Å². The zero-order valence-corrected chi connectivity index (χ0v) is 8.41. The molecule has 1 aliphatic heterocycles. The van der Waals surface area contributed by atoms with E-state index < -0.39 is 5.60 Å². The minimum absolute atomic E-state index is 0.0946. The molecule has 1 saturated heterocycles. The average Bonchev–Trinajstić information content (AvgIpc) is 1.97. The molecule has 4 nitrogen and oxygen atoms in total. The van der Waals surface area contributed by atoms with Gasteiger partial charge in [0.15, 0.2) is 0 Å². The Morgan fingerprint density at radius 2 is 2.15 bits per heavy atom. The lowest BCUT2D eigenvalue weighted by atomic mass is 9.92. The molecule has 1 rings (SSSR count). The van der Waals surface area contributed by atoms with Gasteiger partial charge in [-0.15, -0.1) is 0 Å². The van der Waals surface area contributed by atoms with Crippen molar-refractivity contribution in [2.75, 3.05) is 13.1 Å². The van der Waals surface area contributed by atoms with E-state index in [1.807, 2.05) is 20.8 Å². The van der Waals surface area contributed by atoms with Crippen molar-refractivity contribution in [1.82, 2.24) is 4.90 Å². The maximum atomic E-state index is 11.2. The Labute approximate surface area is 78.5 Å². The number of carbonyl (C=O) groups is 1. The topological polar surface area (TPSA) is 49.8 Å². The van der Waals surface area contributed by atoms with Crippen molar-refractivity contribution in [1.29, 1.82) is 0 Å². The number of hydrogen-bond donors (Lipinski definition) is 1. The van der Waals surface area contributed by atoms with Gasteiger partial charge in [-0.2, -0.15) is 0 Å². The first-order valence-electron chi connectivity index (χ1n) is 4.65. The SMILES string of the molecule is CCC1(O)CN(C(=O)OC(C)C)C1. The third kappa shape index (κ3) is 2.34. The highest BCUT2D eigenvalue weighted by Crippen LogP contribution is 2.24. The quantitative estimate of drug-likeness (QED) is 0.701. The van der Waals surface area contributed by atoms with Gasteiger partial charge in [-0.1, -0.05) is 6.92 Å². The molecule has 0 atom stereocenters. The van der Waals surface area contributed by atoms with Crippen molar-refractivity contribution in [2.24, 2.45) is 0 Å². The smallest absolute Gasteiger partial charge is 0.410 e. The van der Waals surface area contributed by atoms with E-state index in [1.165, 1.54) is 4.90 Å². The van der Waals surface area contributed by atoms with Crippen LogP contribution < -0.4 is 0 Å². The summed E-state index contributed by atoms with van der Waals surface area (Å²) < 4.78 is 4.97. The van der Waals surface area contributed by atoms with E-state index in [4.69, 9.17) is 4.74 Å². The van der Waals surface area contributed by atoms with E-state index in [0.717, 1.165) is 0 Å². The molecule has 1 fully saturated rings. The zero-order chi connectivity index (χ0) is 10.1. The van der Waals surface area contributed by atoms with Gasteiger partial charge < -0.3 is 14.7 Å². The number of likely N-dealkylation sites (tertiary alicyclic amines) is 1. The summed E-state index contributed by atoms with van der Waals surface area (Å²) in [5.74, 6) is 0. The second-order valence-electron chi connectivity index (χ2n) is 3.87. The molecule has 13 heavy (non-hydrogen) atoms. The summed E-state index contributed by atoms with van der Waals surface area (Å²) in [6.07, 6.45) is 0.259. The normalized spacial score (nSPS) is 19.9. The van der Waals surface area contributed by atoms with Crippen molar-refractivity contribution in [3.05, 3.63) is 0 Å². The van der Waals surface area contributed by atoms with Crippen molar-refractivity contribution in [3.63, 3.8) is 0 Å². The van der Waals surface area contributed by atoms with E-state index >= 15 is 0 Å². The lowest BCUT2D eigenvalue weighted by Gasteiger charge is -2.45. The molecule has 0 spiro atoms. The monoisotopic (exact) mass is 187 g/mol. The number of carbonyl (C=O) groups excluding carboxylic acids is 1. The first kappa shape index (κ1) is 10.3. The van der Waals surface area contributed by atoms with Gasteiger partial charge in [-0.3, -0.25) is 0 Å². The lowest BCUT2D eigenvalue weighted by Crippen LogP contribution is -2.63. The number of hydrogen-bond acceptors (Lipinski definition) is 3. The summed E-state index contributed by atoms with van der Waals surface area (Å²) in [6, 6.07) is 0. The first-order valence-corrected chi connectivity index (χ1v) is 4.65. The number of aliphatic hydroxyl groups is 1. The Balaban J connectivity index is 2.31. The highest BCUT2D eigenvalue weighted by Gasteiger charge is 2.42. The molecule has 1 aliphatic rings.